The zero-order chi connectivity index (χ0) is 75.0. The quantitative estimate of drug-likeness (QED) is 0.0389. The summed E-state index contributed by atoms with van der Waals surface area (Å²) in [6, 6.07) is 0. The summed E-state index contributed by atoms with van der Waals surface area (Å²) in [6.45, 7) is 15.5. The maximum Gasteiger partial charge on any atom is 0.317 e. The smallest absolute Gasteiger partial charge is 0.317 e. The van der Waals surface area contributed by atoms with Gasteiger partial charge >= 0.3 is 5.97 Å². The molecule has 5 aliphatic carbocycles. The number of aliphatic hydroxyl groups is 19. The van der Waals surface area contributed by atoms with Crippen molar-refractivity contribution in [3.8, 4) is 0 Å². The Bertz CT molecular complexity index is 2930. The van der Waals surface area contributed by atoms with Gasteiger partial charge in [-0.15, -0.1) is 0 Å². The first-order valence-corrected chi connectivity index (χ1v) is 36.4. The summed E-state index contributed by atoms with van der Waals surface area (Å²) in [5.41, 5.74) is -3.25. The second-order valence-electron chi connectivity index (χ2n) is 33.5. The second-order valence-corrected chi connectivity index (χ2v) is 33.5. The van der Waals surface area contributed by atoms with Crippen LogP contribution in [0.25, 0.3) is 0 Å². The van der Waals surface area contributed by atoms with Crippen LogP contribution >= 0.6 is 0 Å². The molecular weight excluding hydrogens is 1370 g/mol. The molecule has 11 fully saturated rings. The Balaban J connectivity index is 0.775. The van der Waals surface area contributed by atoms with Gasteiger partial charge < -0.3 is 163 Å². The van der Waals surface area contributed by atoms with Crippen molar-refractivity contribution in [2.75, 3.05) is 33.0 Å². The molecule has 0 unspecified atom stereocenters. The standard InChI is InChI=1S/C69H112O34/c1-25-38(74)43(79)49(85)57(95-25)94-24-33-42(78)45(81)55(102-60-51(87)46(82)53(26(2)96-60)100-59-52(88)54(31(72)22-92-59)101-58-48(84)40(76)30(71)21-91-58)62(98-33)103-63(89)69-17-16-64(3,4)18-28(69)27-10-11-35-66(7)14-13-37(65(5,6)34(66)12-15-67(35,8)68(27,9)19-36(69)73)99-61-50(86)44(80)41(77)32(97-61)23-93-56-47(83)39(75)29(70)20-90-56/h10,25-26,28-62,70-88H,11-24H2,1-9H3/t25-,26-,28+,29-,30+,31+,32+,33+,34+,35+,36+,37-,38-,39-,40-,41+,42+,43+,44-,45-,46-,47+,48+,49+,50+,51+,52+,53-,54-,55+,56-,57-,58-,59-,60-,61-,62-,66-,67+,68+,69+/m0/s1. The average Bonchev–Trinajstić information content (AvgIpc) is 0.671. The number of fused-ring (bicyclic) bond motifs is 7. The van der Waals surface area contributed by atoms with E-state index in [0.717, 1.165) is 5.57 Å². The van der Waals surface area contributed by atoms with Crippen molar-refractivity contribution < 1.29 is 168 Å². The van der Waals surface area contributed by atoms with E-state index in [1.807, 2.05) is 0 Å². The lowest BCUT2D eigenvalue weighted by atomic mass is 9.33. The molecule has 7 saturated heterocycles. The van der Waals surface area contributed by atoms with E-state index in [2.05, 4.69) is 54.5 Å². The van der Waals surface area contributed by atoms with Crippen LogP contribution < -0.4 is 0 Å². The SMILES string of the molecule is C[C@@H]1O[C@H](OC[C@H]2O[C@@H](OC(=O)[C@]34CCC(C)(C)C[C@@H]3C3=CC[C@@H]5[C@@]6(C)CC[C@H](O[C@@H]7O[C@H](CO[C@@H]8OC[C@H](O)[C@H](O)[C@H]8O)[C@@H](O)[C@H](O)[C@H]7O)C(C)(C)[C@H]6CC[C@@]5(C)[C@]3(C)C[C@H]4O)[C@H](O[C@@H]3O[C@@H](C)[C@H](O[C@@H]4OC[C@@H](O)[C@H](O[C@@H]5OC[C@@H](O)[C@H](O)[C@H]5O)[C@H]4O)[C@@H](O)[C@H]3O)[C@@H](O)[C@@H]2O)[C@H](O)[C@H](O)[C@H]1O. The van der Waals surface area contributed by atoms with Crippen molar-refractivity contribution in [1.82, 2.24) is 0 Å². The van der Waals surface area contributed by atoms with E-state index < -0.39 is 269 Å². The Morgan fingerprint density at radius 2 is 0.951 bits per heavy atom. The summed E-state index contributed by atoms with van der Waals surface area (Å²) in [5, 5.41) is 210. The van der Waals surface area contributed by atoms with Gasteiger partial charge in [-0.25, -0.2) is 0 Å². The van der Waals surface area contributed by atoms with Crippen LogP contribution in [0.4, 0.5) is 0 Å². The fraction of sp³-hybridized carbons (Fsp3) is 0.957. The molecule has 7 heterocycles. The van der Waals surface area contributed by atoms with Crippen LogP contribution in [0, 0.1) is 50.2 Å². The minimum atomic E-state index is -2.11. The molecule has 0 aromatic carbocycles. The highest BCUT2D eigenvalue weighted by atomic mass is 16.8. The fourth-order valence-electron chi connectivity index (χ4n) is 19.9. The van der Waals surface area contributed by atoms with Gasteiger partial charge in [0.1, 0.15) is 140 Å². The summed E-state index contributed by atoms with van der Waals surface area (Å²) in [5.74, 6) is -1.57. The van der Waals surface area contributed by atoms with Gasteiger partial charge in [0.2, 0.25) is 6.29 Å². The van der Waals surface area contributed by atoms with Gasteiger partial charge in [0.25, 0.3) is 0 Å². The third-order valence-electron chi connectivity index (χ3n) is 26.5. The Morgan fingerprint density at radius 1 is 0.447 bits per heavy atom. The van der Waals surface area contributed by atoms with Crippen LogP contribution in [0.3, 0.4) is 0 Å². The van der Waals surface area contributed by atoms with Crippen molar-refractivity contribution in [3.63, 3.8) is 0 Å². The van der Waals surface area contributed by atoms with Gasteiger partial charge in [0, 0.05) is 0 Å². The van der Waals surface area contributed by atoms with Crippen molar-refractivity contribution in [1.29, 1.82) is 0 Å². The predicted molar refractivity (Wildman–Crippen MR) is 341 cm³/mol. The van der Waals surface area contributed by atoms with Crippen LogP contribution in [-0.4, -0.2) is 345 Å². The number of carbonyl (C=O) groups excluding carboxylic acids is 1. The second kappa shape index (κ2) is 30.2. The lowest BCUT2D eigenvalue weighted by molar-refractivity contribution is -0.381. The van der Waals surface area contributed by atoms with E-state index in [-0.39, 0.29) is 42.1 Å². The monoisotopic (exact) mass is 1480 g/mol. The summed E-state index contributed by atoms with van der Waals surface area (Å²) in [4.78, 5) is 16.0. The topological polar surface area (TPSA) is 531 Å². The Labute approximate surface area is 596 Å². The Hall–Kier alpha value is -2.07. The molecule has 0 spiro atoms. The van der Waals surface area contributed by atoms with Gasteiger partial charge in [-0.05, 0) is 116 Å². The zero-order valence-corrected chi connectivity index (χ0v) is 59.5. The number of carbonyl (C=O) groups is 1. The van der Waals surface area contributed by atoms with Crippen molar-refractivity contribution in [2.45, 2.75) is 329 Å². The Kier molecular flexibility index (Phi) is 23.6. The van der Waals surface area contributed by atoms with Crippen LogP contribution in [0.15, 0.2) is 11.6 Å². The van der Waals surface area contributed by atoms with Crippen LogP contribution in [-0.2, 0) is 71.1 Å². The molecule has 12 aliphatic rings. The molecule has 34 heteroatoms. The number of esters is 1. The van der Waals surface area contributed by atoms with Gasteiger partial charge in [-0.2, -0.15) is 0 Å². The molecule has 12 rings (SSSR count). The molecule has 19 N–H and O–H groups in total. The molecule has 0 aromatic heterocycles. The lowest BCUT2D eigenvalue weighted by Gasteiger charge is -2.71. The first kappa shape index (κ1) is 80.4. The molecule has 103 heavy (non-hydrogen) atoms. The fourth-order valence-corrected chi connectivity index (χ4v) is 19.9. The Morgan fingerprint density at radius 3 is 1.61 bits per heavy atom. The molecular formula is C69H112O34. The summed E-state index contributed by atoms with van der Waals surface area (Å²) in [6.07, 6.45) is -48.7. The summed E-state index contributed by atoms with van der Waals surface area (Å²) >= 11 is 0. The molecule has 7 aliphatic heterocycles. The van der Waals surface area contributed by atoms with Crippen molar-refractivity contribution >= 4 is 5.97 Å². The van der Waals surface area contributed by atoms with Gasteiger partial charge in [-0.3, -0.25) is 4.79 Å². The van der Waals surface area contributed by atoms with E-state index in [0.29, 0.717) is 44.9 Å². The first-order chi connectivity index (χ1) is 48.2. The number of allylic oxidation sites excluding steroid dienone is 2. The zero-order valence-electron chi connectivity index (χ0n) is 59.5. The maximum atomic E-state index is 16.0. The predicted octanol–water partition coefficient (Wildman–Crippen LogP) is -5.62. The van der Waals surface area contributed by atoms with Crippen LogP contribution in [0.5, 0.6) is 0 Å². The van der Waals surface area contributed by atoms with Gasteiger partial charge in [0.15, 0.2) is 43.8 Å². The lowest BCUT2D eigenvalue weighted by Crippen LogP contribution is -2.69. The largest absolute Gasteiger partial charge is 0.432 e. The molecule has 0 amide bonds. The molecule has 4 saturated carbocycles. The normalized spacial score (nSPS) is 55.1. The third-order valence-corrected chi connectivity index (χ3v) is 26.5. The van der Waals surface area contributed by atoms with E-state index >= 15 is 4.79 Å². The van der Waals surface area contributed by atoms with E-state index in [4.69, 9.17) is 66.3 Å². The van der Waals surface area contributed by atoms with E-state index in [9.17, 15) is 97.0 Å². The highest BCUT2D eigenvalue weighted by Gasteiger charge is 2.73. The number of hydrogen-bond acceptors (Lipinski definition) is 34. The molecule has 34 nitrogen and oxygen atoms in total. The van der Waals surface area contributed by atoms with Gasteiger partial charge in [-0.1, -0.05) is 60.1 Å². The van der Waals surface area contributed by atoms with Crippen molar-refractivity contribution in [2.24, 2.45) is 50.2 Å². The van der Waals surface area contributed by atoms with Crippen molar-refractivity contribution in [3.05, 3.63) is 11.6 Å². The number of hydrogen-bond donors (Lipinski definition) is 19. The highest BCUT2D eigenvalue weighted by molar-refractivity contribution is 5.80. The summed E-state index contributed by atoms with van der Waals surface area (Å²) in [7, 11) is 0. The van der Waals surface area contributed by atoms with Crippen LogP contribution in [0.1, 0.15) is 120 Å². The molecule has 0 aromatic rings. The number of rotatable bonds is 16. The van der Waals surface area contributed by atoms with Gasteiger partial charge in [0.05, 0.1) is 57.5 Å². The first-order valence-electron chi connectivity index (χ1n) is 36.4. The van der Waals surface area contributed by atoms with E-state index in [1.54, 1.807) is 0 Å². The minimum absolute atomic E-state index is 0.0110. The average molecular weight is 1490 g/mol. The molecule has 592 valence electrons. The van der Waals surface area contributed by atoms with E-state index in [1.165, 1.54) is 13.8 Å². The number of ether oxygens (including phenoxy) is 14. The maximum absolute atomic E-state index is 16.0. The van der Waals surface area contributed by atoms with Crippen LogP contribution in [0.2, 0.25) is 0 Å². The molecule has 41 atom stereocenters. The summed E-state index contributed by atoms with van der Waals surface area (Å²) < 4.78 is 83.1. The number of aliphatic hydroxyl groups excluding tert-OH is 19. The minimum Gasteiger partial charge on any atom is -0.432 e. The highest BCUT2D eigenvalue weighted by Crippen LogP contribution is 2.76. The molecule has 0 radical (unpaired) electrons. The third kappa shape index (κ3) is 14.2. The molecule has 0 bridgehead atoms.